The molecule has 0 aliphatic heterocycles. The molecule has 1 aromatic heterocycles. The first-order valence-electron chi connectivity index (χ1n) is 4.40. The summed E-state index contributed by atoms with van der Waals surface area (Å²) in [6.45, 7) is 0. The van der Waals surface area contributed by atoms with E-state index in [2.05, 4.69) is 4.98 Å². The summed E-state index contributed by atoms with van der Waals surface area (Å²) in [6, 6.07) is 11.8. The van der Waals surface area contributed by atoms with Gasteiger partial charge in [0.15, 0.2) is 0 Å². The first-order valence-corrected chi connectivity index (χ1v) is 5.21. The van der Waals surface area contributed by atoms with E-state index in [-0.39, 0.29) is 5.82 Å². The van der Waals surface area contributed by atoms with Gasteiger partial charge in [-0.1, -0.05) is 23.9 Å². The first-order chi connectivity index (χ1) is 7.24. The molecule has 1 aromatic carbocycles. The lowest BCUT2D eigenvalue weighted by Gasteiger charge is -2.01. The molecule has 2 N–H and O–H groups in total. The van der Waals surface area contributed by atoms with E-state index in [1.54, 1.807) is 12.1 Å². The van der Waals surface area contributed by atoms with Crippen LogP contribution in [0.1, 0.15) is 0 Å². The molecule has 2 nitrogen and oxygen atoms in total. The maximum Gasteiger partial charge on any atom is 0.124 e. The molecule has 0 fully saturated rings. The van der Waals surface area contributed by atoms with Gasteiger partial charge in [-0.2, -0.15) is 0 Å². The zero-order valence-corrected chi connectivity index (χ0v) is 8.67. The molecule has 0 bridgehead atoms. The topological polar surface area (TPSA) is 38.9 Å². The highest BCUT2D eigenvalue weighted by Crippen LogP contribution is 2.26. The summed E-state index contributed by atoms with van der Waals surface area (Å²) in [5.41, 5.74) is 5.54. The molecule has 0 unspecified atom stereocenters. The Bertz CT molecular complexity index is 430. The number of benzene rings is 1. The molecule has 0 aliphatic rings. The minimum Gasteiger partial charge on any atom is -0.384 e. The number of nitrogens with two attached hydrogens (primary N) is 1. The summed E-state index contributed by atoms with van der Waals surface area (Å²) in [4.78, 5) is 4.93. The number of pyridine rings is 1. The van der Waals surface area contributed by atoms with Crippen molar-refractivity contribution in [2.75, 3.05) is 5.73 Å². The van der Waals surface area contributed by atoms with Crippen LogP contribution in [0.25, 0.3) is 0 Å². The molecule has 4 heteroatoms. The van der Waals surface area contributed by atoms with Gasteiger partial charge < -0.3 is 5.73 Å². The predicted octanol–water partition coefficient (Wildman–Crippen LogP) is 2.95. The van der Waals surface area contributed by atoms with E-state index in [0.717, 1.165) is 9.92 Å². The second kappa shape index (κ2) is 4.31. The van der Waals surface area contributed by atoms with Crippen LogP contribution < -0.4 is 5.73 Å². The third kappa shape index (κ3) is 2.70. The maximum atomic E-state index is 12.9. The predicted molar refractivity (Wildman–Crippen MR) is 59.2 cm³/mol. The van der Waals surface area contributed by atoms with Crippen LogP contribution in [0.3, 0.4) is 0 Å². The van der Waals surface area contributed by atoms with E-state index in [4.69, 9.17) is 5.73 Å². The van der Waals surface area contributed by atoms with Gasteiger partial charge in [-0.05, 0) is 30.3 Å². The molecule has 1 heterocycles. The average Bonchev–Trinajstić information content (AvgIpc) is 2.17. The van der Waals surface area contributed by atoms with Crippen LogP contribution in [-0.2, 0) is 0 Å². The molecule has 76 valence electrons. The van der Waals surface area contributed by atoms with Gasteiger partial charge in [0, 0.05) is 4.90 Å². The second-order valence-corrected chi connectivity index (χ2v) is 4.05. The van der Waals surface area contributed by atoms with Gasteiger partial charge in [-0.15, -0.1) is 0 Å². The monoisotopic (exact) mass is 220 g/mol. The Morgan fingerprint density at radius 2 is 1.93 bits per heavy atom. The Morgan fingerprint density at radius 1 is 1.13 bits per heavy atom. The fourth-order valence-corrected chi connectivity index (χ4v) is 2.00. The van der Waals surface area contributed by atoms with Crippen molar-refractivity contribution in [3.8, 4) is 0 Å². The van der Waals surface area contributed by atoms with Crippen LogP contribution in [0.5, 0.6) is 0 Å². The number of hydrogen-bond donors (Lipinski definition) is 1. The second-order valence-electron chi connectivity index (χ2n) is 2.96. The van der Waals surface area contributed by atoms with E-state index in [1.165, 1.54) is 23.9 Å². The number of rotatable bonds is 2. The third-order valence-electron chi connectivity index (χ3n) is 1.76. The summed E-state index contributed by atoms with van der Waals surface area (Å²) in [7, 11) is 0. The Balaban J connectivity index is 2.22. The number of nitrogens with zero attached hydrogens (tertiary/aromatic N) is 1. The average molecular weight is 220 g/mol. The Kier molecular flexibility index (Phi) is 2.87. The quantitative estimate of drug-likeness (QED) is 0.845. The number of anilines is 1. The molecule has 0 radical (unpaired) electrons. The van der Waals surface area contributed by atoms with Crippen LogP contribution in [-0.4, -0.2) is 4.98 Å². The van der Waals surface area contributed by atoms with Gasteiger partial charge in [0.25, 0.3) is 0 Å². The highest BCUT2D eigenvalue weighted by molar-refractivity contribution is 7.99. The molecule has 0 atom stereocenters. The van der Waals surface area contributed by atoms with Crippen molar-refractivity contribution in [2.24, 2.45) is 0 Å². The van der Waals surface area contributed by atoms with Gasteiger partial charge in [-0.25, -0.2) is 9.37 Å². The van der Waals surface area contributed by atoms with E-state index in [9.17, 15) is 4.39 Å². The minimum atomic E-state index is -0.246. The fraction of sp³-hybridized carbons (Fsp3) is 0. The minimum absolute atomic E-state index is 0.246. The fourth-order valence-electron chi connectivity index (χ4n) is 1.14. The van der Waals surface area contributed by atoms with E-state index in [1.807, 2.05) is 18.2 Å². The lowest BCUT2D eigenvalue weighted by atomic mass is 10.4. The lowest BCUT2D eigenvalue weighted by Crippen LogP contribution is -1.89. The summed E-state index contributed by atoms with van der Waals surface area (Å²) in [5, 5.41) is 0.764. The molecule has 0 saturated carbocycles. The number of nitrogen functional groups attached to an aromatic ring is 1. The van der Waals surface area contributed by atoms with Gasteiger partial charge in [0.05, 0.1) is 0 Å². The Labute approximate surface area is 91.3 Å². The molecular formula is C11H9FN2S. The molecule has 15 heavy (non-hydrogen) atoms. The van der Waals surface area contributed by atoms with Crippen LogP contribution in [0.15, 0.2) is 52.4 Å². The van der Waals surface area contributed by atoms with Crippen molar-refractivity contribution >= 4 is 17.6 Å². The van der Waals surface area contributed by atoms with Gasteiger partial charge in [-0.3, -0.25) is 0 Å². The normalized spacial score (nSPS) is 10.2. The van der Waals surface area contributed by atoms with Crippen molar-refractivity contribution < 1.29 is 4.39 Å². The molecule has 2 rings (SSSR count). The Hall–Kier alpha value is -1.55. The molecule has 2 aromatic rings. The summed E-state index contributed by atoms with van der Waals surface area (Å²) < 4.78 is 12.9. The Morgan fingerprint density at radius 3 is 2.67 bits per heavy atom. The third-order valence-corrected chi connectivity index (χ3v) is 2.69. The van der Waals surface area contributed by atoms with Crippen molar-refractivity contribution in [1.29, 1.82) is 0 Å². The first kappa shape index (κ1) is 9.98. The molecule has 0 aliphatic carbocycles. The van der Waals surface area contributed by atoms with Crippen molar-refractivity contribution in [3.05, 3.63) is 48.3 Å². The van der Waals surface area contributed by atoms with E-state index in [0.29, 0.717) is 5.82 Å². The van der Waals surface area contributed by atoms with Crippen molar-refractivity contribution in [3.63, 3.8) is 0 Å². The molecule has 0 saturated heterocycles. The molecule has 0 amide bonds. The highest BCUT2D eigenvalue weighted by atomic mass is 32.2. The molecule has 0 spiro atoms. The van der Waals surface area contributed by atoms with Crippen molar-refractivity contribution in [1.82, 2.24) is 4.98 Å². The highest BCUT2D eigenvalue weighted by Gasteiger charge is 2.00. The standard InChI is InChI=1S/C11H9FN2S/c12-8-3-1-4-9(7-8)15-11-6-2-5-10(13)14-11/h1-7H,(H2,13,14). The van der Waals surface area contributed by atoms with Gasteiger partial charge in [0.2, 0.25) is 0 Å². The zero-order chi connectivity index (χ0) is 10.7. The number of hydrogen-bond acceptors (Lipinski definition) is 3. The van der Waals surface area contributed by atoms with Crippen LogP contribution in [0.2, 0.25) is 0 Å². The van der Waals surface area contributed by atoms with Gasteiger partial charge in [0.1, 0.15) is 16.7 Å². The van der Waals surface area contributed by atoms with Crippen LogP contribution in [0.4, 0.5) is 10.2 Å². The molecular weight excluding hydrogens is 211 g/mol. The lowest BCUT2D eigenvalue weighted by molar-refractivity contribution is 0.624. The van der Waals surface area contributed by atoms with Crippen molar-refractivity contribution in [2.45, 2.75) is 9.92 Å². The maximum absolute atomic E-state index is 12.9. The number of halogens is 1. The summed E-state index contributed by atoms with van der Waals surface area (Å²) in [6.07, 6.45) is 0. The SMILES string of the molecule is Nc1cccc(Sc2cccc(F)c2)n1. The van der Waals surface area contributed by atoms with E-state index >= 15 is 0 Å². The zero-order valence-electron chi connectivity index (χ0n) is 7.85. The smallest absolute Gasteiger partial charge is 0.124 e. The summed E-state index contributed by atoms with van der Waals surface area (Å²) >= 11 is 1.38. The van der Waals surface area contributed by atoms with Crippen LogP contribution >= 0.6 is 11.8 Å². The number of aromatic nitrogens is 1. The summed E-state index contributed by atoms with van der Waals surface area (Å²) in [5.74, 6) is 0.223. The van der Waals surface area contributed by atoms with Crippen LogP contribution in [0, 0.1) is 5.82 Å². The largest absolute Gasteiger partial charge is 0.384 e. The van der Waals surface area contributed by atoms with E-state index < -0.39 is 0 Å². The van der Waals surface area contributed by atoms with Gasteiger partial charge >= 0.3 is 0 Å².